The molecule has 0 spiro atoms. The van der Waals surface area contributed by atoms with Crippen LogP contribution in [0.5, 0.6) is 5.75 Å². The van der Waals surface area contributed by atoms with Gasteiger partial charge in [-0.2, -0.15) is 0 Å². The van der Waals surface area contributed by atoms with E-state index in [0.29, 0.717) is 5.56 Å². The number of hydrogen-bond donors (Lipinski definition) is 1. The molecule has 5 heteroatoms. The molecule has 0 bridgehead atoms. The van der Waals surface area contributed by atoms with E-state index in [2.05, 4.69) is 10.3 Å². The minimum atomic E-state index is -0.260. The number of ether oxygens (including phenoxy) is 1. The smallest absolute Gasteiger partial charge is 0.275 e. The van der Waals surface area contributed by atoms with Crippen LogP contribution in [0.15, 0.2) is 58.3 Å². The topological polar surface area (TPSA) is 47.6 Å². The van der Waals surface area contributed by atoms with Gasteiger partial charge in [-0.05, 0) is 36.4 Å². The summed E-state index contributed by atoms with van der Waals surface area (Å²) in [6.07, 6.45) is 0. The van der Waals surface area contributed by atoms with Gasteiger partial charge in [0.25, 0.3) is 5.91 Å². The maximum atomic E-state index is 11.9. The maximum Gasteiger partial charge on any atom is 0.275 e. The van der Waals surface area contributed by atoms with Gasteiger partial charge in [-0.1, -0.05) is 23.9 Å². The van der Waals surface area contributed by atoms with Crippen LogP contribution in [0, 0.1) is 0 Å². The lowest BCUT2D eigenvalue weighted by molar-refractivity contribution is 0.0534. The van der Waals surface area contributed by atoms with E-state index < -0.39 is 0 Å². The third-order valence-corrected chi connectivity index (χ3v) is 3.70. The molecule has 0 fully saturated rings. The molecule has 20 heavy (non-hydrogen) atoms. The van der Waals surface area contributed by atoms with Crippen LogP contribution in [0.1, 0.15) is 10.4 Å². The minimum absolute atomic E-state index is 0.260. The Bertz CT molecular complexity index is 584. The van der Waals surface area contributed by atoms with Crippen LogP contribution < -0.4 is 10.2 Å². The Morgan fingerprint density at radius 2 is 1.75 bits per heavy atom. The van der Waals surface area contributed by atoms with Gasteiger partial charge in [0.1, 0.15) is 5.75 Å². The summed E-state index contributed by atoms with van der Waals surface area (Å²) in [5.41, 5.74) is 2.91. The Labute approximate surface area is 122 Å². The standard InChI is InChI=1S/C15H15NO3S/c1-18-11-7-9-12(10-8-11)20-14-6-4-3-5-13(14)15(17)16-19-2/h3-10H,1-2H3,(H,16,17). The zero-order valence-corrected chi connectivity index (χ0v) is 12.1. The highest BCUT2D eigenvalue weighted by atomic mass is 32.2. The Balaban J connectivity index is 2.21. The molecule has 0 radical (unpaired) electrons. The first-order valence-corrected chi connectivity index (χ1v) is 6.80. The Hall–Kier alpha value is -1.98. The number of carbonyl (C=O) groups excluding carboxylic acids is 1. The number of hydroxylamine groups is 1. The van der Waals surface area contributed by atoms with E-state index in [1.807, 2.05) is 42.5 Å². The molecular formula is C15H15NO3S. The lowest BCUT2D eigenvalue weighted by Gasteiger charge is -2.09. The second kappa shape index (κ2) is 6.98. The van der Waals surface area contributed by atoms with Gasteiger partial charge in [0, 0.05) is 9.79 Å². The van der Waals surface area contributed by atoms with Gasteiger partial charge in [-0.3, -0.25) is 9.63 Å². The summed E-state index contributed by atoms with van der Waals surface area (Å²) in [6, 6.07) is 15.1. The summed E-state index contributed by atoms with van der Waals surface area (Å²) in [7, 11) is 3.05. The minimum Gasteiger partial charge on any atom is -0.497 e. The van der Waals surface area contributed by atoms with Crippen molar-refractivity contribution >= 4 is 17.7 Å². The number of carbonyl (C=O) groups is 1. The van der Waals surface area contributed by atoms with Crippen molar-refractivity contribution in [1.82, 2.24) is 5.48 Å². The van der Waals surface area contributed by atoms with Crippen LogP contribution in [0.4, 0.5) is 0 Å². The molecule has 0 aliphatic carbocycles. The van der Waals surface area contributed by atoms with E-state index in [4.69, 9.17) is 4.74 Å². The Morgan fingerprint density at radius 3 is 2.40 bits per heavy atom. The summed E-state index contributed by atoms with van der Waals surface area (Å²) in [5.74, 6) is 0.545. The summed E-state index contributed by atoms with van der Waals surface area (Å²) < 4.78 is 5.12. The second-order valence-electron chi connectivity index (χ2n) is 3.91. The van der Waals surface area contributed by atoms with E-state index in [0.717, 1.165) is 15.5 Å². The molecule has 1 amide bonds. The molecule has 4 nitrogen and oxygen atoms in total. The molecule has 0 unspecified atom stereocenters. The van der Waals surface area contributed by atoms with Gasteiger partial charge in [0.15, 0.2) is 0 Å². The number of rotatable bonds is 5. The zero-order chi connectivity index (χ0) is 14.4. The van der Waals surface area contributed by atoms with E-state index in [1.165, 1.54) is 18.9 Å². The van der Waals surface area contributed by atoms with Gasteiger partial charge in [0.2, 0.25) is 0 Å². The number of hydrogen-bond acceptors (Lipinski definition) is 4. The molecule has 0 heterocycles. The highest BCUT2D eigenvalue weighted by molar-refractivity contribution is 7.99. The van der Waals surface area contributed by atoms with E-state index in [1.54, 1.807) is 13.2 Å². The number of nitrogens with one attached hydrogen (secondary N) is 1. The molecule has 2 aromatic carbocycles. The molecule has 0 atom stereocenters. The predicted octanol–water partition coefficient (Wildman–Crippen LogP) is 3.14. The van der Waals surface area contributed by atoms with Gasteiger partial charge in [-0.15, -0.1) is 0 Å². The van der Waals surface area contributed by atoms with Crippen molar-refractivity contribution in [3.8, 4) is 5.75 Å². The third-order valence-electron chi connectivity index (χ3n) is 2.61. The average Bonchev–Trinajstić information content (AvgIpc) is 2.49. The fourth-order valence-corrected chi connectivity index (χ4v) is 2.61. The molecule has 0 aromatic heterocycles. The second-order valence-corrected chi connectivity index (χ2v) is 5.02. The van der Waals surface area contributed by atoms with Gasteiger partial charge < -0.3 is 4.74 Å². The van der Waals surface area contributed by atoms with Crippen molar-refractivity contribution in [3.63, 3.8) is 0 Å². The largest absolute Gasteiger partial charge is 0.497 e. The van der Waals surface area contributed by atoms with Gasteiger partial charge in [-0.25, -0.2) is 5.48 Å². The first kappa shape index (κ1) is 14.4. The maximum absolute atomic E-state index is 11.9. The normalized spacial score (nSPS) is 10.1. The van der Waals surface area contributed by atoms with Crippen molar-refractivity contribution in [2.45, 2.75) is 9.79 Å². The average molecular weight is 289 g/mol. The van der Waals surface area contributed by atoms with Gasteiger partial charge >= 0.3 is 0 Å². The van der Waals surface area contributed by atoms with Crippen LogP contribution in [0.2, 0.25) is 0 Å². The molecular weight excluding hydrogens is 274 g/mol. The van der Waals surface area contributed by atoms with E-state index in [9.17, 15) is 4.79 Å². The molecule has 0 aliphatic rings. The van der Waals surface area contributed by atoms with Crippen molar-refractivity contribution < 1.29 is 14.4 Å². The summed E-state index contributed by atoms with van der Waals surface area (Å²) in [5, 5.41) is 0. The van der Waals surface area contributed by atoms with Crippen molar-refractivity contribution in [1.29, 1.82) is 0 Å². The zero-order valence-electron chi connectivity index (χ0n) is 11.3. The third kappa shape index (κ3) is 3.53. The van der Waals surface area contributed by atoms with Crippen LogP contribution in [0.25, 0.3) is 0 Å². The van der Waals surface area contributed by atoms with Crippen LogP contribution in [-0.2, 0) is 4.84 Å². The highest BCUT2D eigenvalue weighted by Gasteiger charge is 2.11. The summed E-state index contributed by atoms with van der Waals surface area (Å²) >= 11 is 1.52. The van der Waals surface area contributed by atoms with Crippen LogP contribution in [-0.4, -0.2) is 20.1 Å². The quantitative estimate of drug-likeness (QED) is 0.859. The molecule has 0 saturated heterocycles. The molecule has 104 valence electrons. The molecule has 2 rings (SSSR count). The predicted molar refractivity (Wildman–Crippen MR) is 78.0 cm³/mol. The first-order chi connectivity index (χ1) is 9.74. The Kier molecular flexibility index (Phi) is 5.03. The van der Waals surface area contributed by atoms with E-state index in [-0.39, 0.29) is 5.91 Å². The molecule has 1 N–H and O–H groups in total. The van der Waals surface area contributed by atoms with Crippen LogP contribution >= 0.6 is 11.8 Å². The molecule has 2 aromatic rings. The lowest BCUT2D eigenvalue weighted by Crippen LogP contribution is -2.22. The fourth-order valence-electron chi connectivity index (χ4n) is 1.66. The number of amides is 1. The van der Waals surface area contributed by atoms with Crippen molar-refractivity contribution in [2.75, 3.05) is 14.2 Å². The Morgan fingerprint density at radius 1 is 1.05 bits per heavy atom. The van der Waals surface area contributed by atoms with E-state index >= 15 is 0 Å². The molecule has 0 aliphatic heterocycles. The first-order valence-electron chi connectivity index (χ1n) is 5.99. The SMILES string of the molecule is CONC(=O)c1ccccc1Sc1ccc(OC)cc1. The van der Waals surface area contributed by atoms with Crippen molar-refractivity contribution in [2.24, 2.45) is 0 Å². The highest BCUT2D eigenvalue weighted by Crippen LogP contribution is 2.31. The van der Waals surface area contributed by atoms with Crippen molar-refractivity contribution in [3.05, 3.63) is 54.1 Å². The monoisotopic (exact) mass is 289 g/mol. The number of benzene rings is 2. The summed E-state index contributed by atoms with van der Waals surface area (Å²) in [6.45, 7) is 0. The fraction of sp³-hybridized carbons (Fsp3) is 0.133. The number of methoxy groups -OCH3 is 1. The van der Waals surface area contributed by atoms with Crippen LogP contribution in [0.3, 0.4) is 0 Å². The lowest BCUT2D eigenvalue weighted by atomic mass is 10.2. The summed E-state index contributed by atoms with van der Waals surface area (Å²) in [4.78, 5) is 18.5. The van der Waals surface area contributed by atoms with Gasteiger partial charge in [0.05, 0.1) is 19.8 Å². The molecule has 0 saturated carbocycles.